The lowest BCUT2D eigenvalue weighted by molar-refractivity contribution is -0.138. The summed E-state index contributed by atoms with van der Waals surface area (Å²) in [7, 11) is 1.24. The lowest BCUT2D eigenvalue weighted by Crippen LogP contribution is -2.08. The molecular formula is C13H13ClO4. The van der Waals surface area contributed by atoms with Crippen molar-refractivity contribution in [2.24, 2.45) is 0 Å². The molecule has 0 N–H and O–H groups in total. The first-order valence-corrected chi connectivity index (χ1v) is 5.69. The Hall–Kier alpha value is -1.81. The number of rotatable bonds is 4. The van der Waals surface area contributed by atoms with Gasteiger partial charge >= 0.3 is 11.9 Å². The highest BCUT2D eigenvalue weighted by molar-refractivity contribution is 6.31. The first kappa shape index (κ1) is 14.3. The van der Waals surface area contributed by atoms with Crippen molar-refractivity contribution in [1.29, 1.82) is 0 Å². The van der Waals surface area contributed by atoms with Crippen LogP contribution in [0, 0.1) is 0 Å². The summed E-state index contributed by atoms with van der Waals surface area (Å²) in [5, 5.41) is 0.464. The van der Waals surface area contributed by atoms with E-state index >= 15 is 0 Å². The van der Waals surface area contributed by atoms with Crippen LogP contribution in [0.4, 0.5) is 0 Å². The maximum atomic E-state index is 11.6. The van der Waals surface area contributed by atoms with E-state index < -0.39 is 11.9 Å². The normalized spacial score (nSPS) is 10.9. The Kier molecular flexibility index (Phi) is 5.39. The van der Waals surface area contributed by atoms with Crippen LogP contribution in [-0.4, -0.2) is 25.7 Å². The number of carbonyl (C=O) groups is 2. The van der Waals surface area contributed by atoms with E-state index in [0.29, 0.717) is 10.6 Å². The van der Waals surface area contributed by atoms with E-state index in [4.69, 9.17) is 16.3 Å². The number of ether oxygens (including phenoxy) is 2. The molecule has 0 spiro atoms. The fourth-order valence-corrected chi connectivity index (χ4v) is 1.52. The molecule has 1 aromatic rings. The molecule has 0 bridgehead atoms. The molecule has 0 atom stereocenters. The fourth-order valence-electron chi connectivity index (χ4n) is 1.33. The van der Waals surface area contributed by atoms with Gasteiger partial charge in [0.1, 0.15) is 0 Å². The maximum absolute atomic E-state index is 11.6. The van der Waals surface area contributed by atoms with Crippen LogP contribution in [0.3, 0.4) is 0 Å². The van der Waals surface area contributed by atoms with Gasteiger partial charge in [0.05, 0.1) is 19.3 Å². The molecule has 0 aliphatic heterocycles. The third-order valence-electron chi connectivity index (χ3n) is 2.09. The molecule has 4 nitrogen and oxygen atoms in total. The summed E-state index contributed by atoms with van der Waals surface area (Å²) in [4.78, 5) is 23.0. The molecule has 0 aromatic heterocycles. The predicted octanol–water partition coefficient (Wildman–Crippen LogP) is 2.46. The van der Waals surface area contributed by atoms with Crippen molar-refractivity contribution in [2.45, 2.75) is 6.92 Å². The van der Waals surface area contributed by atoms with Gasteiger partial charge < -0.3 is 9.47 Å². The van der Waals surface area contributed by atoms with Gasteiger partial charge in [-0.25, -0.2) is 9.59 Å². The van der Waals surface area contributed by atoms with Gasteiger partial charge in [-0.1, -0.05) is 23.7 Å². The van der Waals surface area contributed by atoms with Crippen LogP contribution in [0.15, 0.2) is 30.3 Å². The molecule has 96 valence electrons. The number of carbonyl (C=O) groups excluding carboxylic acids is 2. The quantitative estimate of drug-likeness (QED) is 0.622. The van der Waals surface area contributed by atoms with Crippen LogP contribution in [0.2, 0.25) is 5.02 Å². The SMILES string of the molecule is CCOC(=O)/C=C(\C(=O)OC)c1cccc(Cl)c1. The van der Waals surface area contributed by atoms with Crippen molar-refractivity contribution >= 4 is 29.1 Å². The topological polar surface area (TPSA) is 52.6 Å². The number of hydrogen-bond donors (Lipinski definition) is 0. The summed E-state index contributed by atoms with van der Waals surface area (Å²) >= 11 is 5.84. The number of halogens is 1. The van der Waals surface area contributed by atoms with Gasteiger partial charge in [0.15, 0.2) is 0 Å². The molecule has 18 heavy (non-hydrogen) atoms. The standard InChI is InChI=1S/C13H13ClO4/c1-3-18-12(15)8-11(13(16)17-2)9-5-4-6-10(14)7-9/h4-8H,3H2,1-2H3/b11-8-. The fraction of sp³-hybridized carbons (Fsp3) is 0.231. The molecule has 0 saturated heterocycles. The average molecular weight is 269 g/mol. The Morgan fingerprint density at radius 3 is 2.67 bits per heavy atom. The smallest absolute Gasteiger partial charge is 0.338 e. The van der Waals surface area contributed by atoms with Crippen LogP contribution in [0.5, 0.6) is 0 Å². The van der Waals surface area contributed by atoms with Crippen LogP contribution in [0.25, 0.3) is 5.57 Å². The third-order valence-corrected chi connectivity index (χ3v) is 2.32. The first-order valence-electron chi connectivity index (χ1n) is 5.31. The highest BCUT2D eigenvalue weighted by atomic mass is 35.5. The molecule has 0 unspecified atom stereocenters. The van der Waals surface area contributed by atoms with E-state index in [1.54, 1.807) is 31.2 Å². The number of hydrogen-bond acceptors (Lipinski definition) is 4. The molecule has 1 aromatic carbocycles. The van der Waals surface area contributed by atoms with Gasteiger partial charge in [-0.05, 0) is 24.6 Å². The van der Waals surface area contributed by atoms with E-state index in [1.165, 1.54) is 7.11 Å². The van der Waals surface area contributed by atoms with Crippen molar-refractivity contribution < 1.29 is 19.1 Å². The summed E-state index contributed by atoms with van der Waals surface area (Å²) < 4.78 is 9.39. The molecule has 5 heteroatoms. The second-order valence-electron chi connectivity index (χ2n) is 3.31. The molecular weight excluding hydrogens is 256 g/mol. The minimum absolute atomic E-state index is 0.110. The highest BCUT2D eigenvalue weighted by Gasteiger charge is 2.15. The molecule has 0 aliphatic rings. The van der Waals surface area contributed by atoms with Crippen LogP contribution in [-0.2, 0) is 19.1 Å². The summed E-state index contributed by atoms with van der Waals surface area (Å²) in [6.07, 6.45) is 1.10. The monoisotopic (exact) mass is 268 g/mol. The largest absolute Gasteiger partial charge is 0.465 e. The van der Waals surface area contributed by atoms with Gasteiger partial charge in [-0.2, -0.15) is 0 Å². The number of esters is 2. The van der Waals surface area contributed by atoms with Crippen molar-refractivity contribution in [3.63, 3.8) is 0 Å². The van der Waals surface area contributed by atoms with Crippen LogP contribution >= 0.6 is 11.6 Å². The molecule has 0 fully saturated rings. The molecule has 0 amide bonds. The Bertz CT molecular complexity index is 480. The number of benzene rings is 1. The highest BCUT2D eigenvalue weighted by Crippen LogP contribution is 2.20. The molecule has 0 aliphatic carbocycles. The zero-order chi connectivity index (χ0) is 13.5. The maximum Gasteiger partial charge on any atom is 0.338 e. The molecule has 0 saturated carbocycles. The van der Waals surface area contributed by atoms with Crippen molar-refractivity contribution in [2.75, 3.05) is 13.7 Å². The molecule has 0 radical (unpaired) electrons. The Balaban J connectivity index is 3.13. The van der Waals surface area contributed by atoms with E-state index in [-0.39, 0.29) is 12.2 Å². The Morgan fingerprint density at radius 1 is 1.39 bits per heavy atom. The predicted molar refractivity (Wildman–Crippen MR) is 68.1 cm³/mol. The summed E-state index contributed by atoms with van der Waals surface area (Å²) in [5.74, 6) is -1.22. The van der Waals surface area contributed by atoms with Gasteiger partial charge in [0, 0.05) is 11.1 Å². The van der Waals surface area contributed by atoms with E-state index in [9.17, 15) is 9.59 Å². The summed E-state index contributed by atoms with van der Waals surface area (Å²) in [6.45, 7) is 1.92. The Morgan fingerprint density at radius 2 is 2.11 bits per heavy atom. The minimum atomic E-state index is -0.620. The lowest BCUT2D eigenvalue weighted by Gasteiger charge is -2.06. The summed E-state index contributed by atoms with van der Waals surface area (Å²) in [5.41, 5.74) is 0.612. The van der Waals surface area contributed by atoms with Gasteiger partial charge in [-0.15, -0.1) is 0 Å². The van der Waals surface area contributed by atoms with E-state index in [1.807, 2.05) is 0 Å². The van der Waals surface area contributed by atoms with Crippen LogP contribution < -0.4 is 0 Å². The first-order chi connectivity index (χ1) is 8.58. The molecule has 1 rings (SSSR count). The third kappa shape index (κ3) is 3.89. The lowest BCUT2D eigenvalue weighted by atomic mass is 10.1. The average Bonchev–Trinajstić information content (AvgIpc) is 2.35. The molecule has 0 heterocycles. The summed E-state index contributed by atoms with van der Waals surface area (Å²) in [6, 6.07) is 6.58. The van der Waals surface area contributed by atoms with Gasteiger partial charge in [0.25, 0.3) is 0 Å². The number of methoxy groups -OCH3 is 1. The second kappa shape index (κ2) is 6.81. The van der Waals surface area contributed by atoms with E-state index in [0.717, 1.165) is 6.08 Å². The van der Waals surface area contributed by atoms with Gasteiger partial charge in [0.2, 0.25) is 0 Å². The van der Waals surface area contributed by atoms with Crippen molar-refractivity contribution in [3.05, 3.63) is 40.9 Å². The zero-order valence-corrected chi connectivity index (χ0v) is 10.9. The van der Waals surface area contributed by atoms with E-state index in [2.05, 4.69) is 4.74 Å². The minimum Gasteiger partial charge on any atom is -0.465 e. The zero-order valence-electron chi connectivity index (χ0n) is 10.1. The van der Waals surface area contributed by atoms with Crippen molar-refractivity contribution in [1.82, 2.24) is 0 Å². The van der Waals surface area contributed by atoms with Crippen LogP contribution in [0.1, 0.15) is 12.5 Å². The van der Waals surface area contributed by atoms with Crippen molar-refractivity contribution in [3.8, 4) is 0 Å². The second-order valence-corrected chi connectivity index (χ2v) is 3.75. The van der Waals surface area contributed by atoms with Gasteiger partial charge in [-0.3, -0.25) is 0 Å². The Labute approximate surface area is 110 Å².